The van der Waals surface area contributed by atoms with Crippen LogP contribution < -0.4 is 4.90 Å². The monoisotopic (exact) mass is 316 g/mol. The van der Waals surface area contributed by atoms with Crippen LogP contribution in [0.15, 0.2) is 54.6 Å². The first-order chi connectivity index (χ1) is 10.5. The first-order valence-electron chi connectivity index (χ1n) is 6.44. The molecular weight excluding hydrogens is 304 g/mol. The molecule has 22 heavy (non-hydrogen) atoms. The van der Waals surface area contributed by atoms with Crippen LogP contribution in [-0.4, -0.2) is 17.9 Å². The van der Waals surface area contributed by atoms with Crippen molar-refractivity contribution in [1.82, 2.24) is 0 Å². The molecule has 112 valence electrons. The molecular formula is C16H13ClN2O3. The average molecular weight is 317 g/mol. The molecule has 2 aromatic carbocycles. The van der Waals surface area contributed by atoms with Crippen LogP contribution in [0.1, 0.15) is 5.56 Å². The molecule has 0 radical (unpaired) electrons. The van der Waals surface area contributed by atoms with E-state index in [1.165, 1.54) is 29.2 Å². The number of benzene rings is 2. The highest BCUT2D eigenvalue weighted by Crippen LogP contribution is 2.25. The third kappa shape index (κ3) is 3.71. The molecule has 0 heterocycles. The maximum Gasteiger partial charge on any atom is 0.288 e. The van der Waals surface area contributed by atoms with E-state index in [4.69, 9.17) is 11.6 Å². The number of anilines is 1. The third-order valence-corrected chi connectivity index (χ3v) is 3.38. The van der Waals surface area contributed by atoms with Gasteiger partial charge in [0, 0.05) is 24.9 Å². The number of amides is 1. The van der Waals surface area contributed by atoms with E-state index in [1.54, 1.807) is 13.1 Å². The fourth-order valence-electron chi connectivity index (χ4n) is 1.83. The summed E-state index contributed by atoms with van der Waals surface area (Å²) in [6.07, 6.45) is 2.88. The first-order valence-corrected chi connectivity index (χ1v) is 6.81. The van der Waals surface area contributed by atoms with Crippen LogP contribution in [0, 0.1) is 10.1 Å². The second-order valence-corrected chi connectivity index (χ2v) is 4.94. The Morgan fingerprint density at radius 2 is 1.91 bits per heavy atom. The lowest BCUT2D eigenvalue weighted by Gasteiger charge is -2.14. The molecule has 2 rings (SSSR count). The van der Waals surface area contributed by atoms with Gasteiger partial charge < -0.3 is 4.90 Å². The van der Waals surface area contributed by atoms with E-state index in [0.29, 0.717) is 5.56 Å². The molecule has 2 aromatic rings. The number of nitro groups is 1. The van der Waals surface area contributed by atoms with Crippen molar-refractivity contribution in [3.8, 4) is 0 Å². The van der Waals surface area contributed by atoms with Crippen molar-refractivity contribution in [2.75, 3.05) is 11.9 Å². The number of likely N-dealkylation sites (N-methyl/N-ethyl adjacent to an activating group) is 1. The minimum atomic E-state index is -0.558. The quantitative estimate of drug-likeness (QED) is 0.488. The fourth-order valence-corrected chi connectivity index (χ4v) is 2.02. The van der Waals surface area contributed by atoms with Crippen LogP contribution in [-0.2, 0) is 4.79 Å². The van der Waals surface area contributed by atoms with Gasteiger partial charge in [-0.2, -0.15) is 0 Å². The number of hydrogen-bond donors (Lipinski definition) is 0. The Hall–Kier alpha value is -2.66. The number of halogens is 1. The van der Waals surface area contributed by atoms with Crippen LogP contribution in [0.3, 0.4) is 0 Å². The molecule has 0 spiro atoms. The molecule has 0 unspecified atom stereocenters. The van der Waals surface area contributed by atoms with E-state index in [0.717, 1.165) is 5.69 Å². The van der Waals surface area contributed by atoms with E-state index in [1.807, 2.05) is 30.3 Å². The molecule has 0 aromatic heterocycles. The second-order valence-electron chi connectivity index (χ2n) is 4.53. The van der Waals surface area contributed by atoms with Crippen LogP contribution in [0.5, 0.6) is 0 Å². The van der Waals surface area contributed by atoms with Gasteiger partial charge >= 0.3 is 0 Å². The number of carbonyl (C=O) groups excluding carboxylic acids is 1. The van der Waals surface area contributed by atoms with Crippen LogP contribution >= 0.6 is 11.6 Å². The van der Waals surface area contributed by atoms with Gasteiger partial charge in [-0.15, -0.1) is 0 Å². The summed E-state index contributed by atoms with van der Waals surface area (Å²) in [5.74, 6) is -0.233. The maximum absolute atomic E-state index is 12.1. The minimum Gasteiger partial charge on any atom is -0.312 e. The van der Waals surface area contributed by atoms with Gasteiger partial charge in [0.25, 0.3) is 11.6 Å². The number of nitro benzene ring substituents is 1. The van der Waals surface area contributed by atoms with E-state index in [2.05, 4.69) is 0 Å². The van der Waals surface area contributed by atoms with Crippen molar-refractivity contribution in [3.05, 3.63) is 75.3 Å². The zero-order chi connectivity index (χ0) is 16.1. The fraction of sp³-hybridized carbons (Fsp3) is 0.0625. The van der Waals surface area contributed by atoms with Gasteiger partial charge in [0.1, 0.15) is 5.02 Å². The average Bonchev–Trinajstić information content (AvgIpc) is 2.53. The number of carbonyl (C=O) groups is 1. The lowest BCUT2D eigenvalue weighted by Crippen LogP contribution is -2.23. The lowest BCUT2D eigenvalue weighted by molar-refractivity contribution is -0.384. The predicted molar refractivity (Wildman–Crippen MR) is 87.0 cm³/mol. The molecule has 6 heteroatoms. The molecule has 0 atom stereocenters. The smallest absolute Gasteiger partial charge is 0.288 e. The summed E-state index contributed by atoms with van der Waals surface area (Å²) in [6, 6.07) is 13.6. The lowest BCUT2D eigenvalue weighted by atomic mass is 10.2. The van der Waals surface area contributed by atoms with Gasteiger partial charge in [0.15, 0.2) is 0 Å². The van der Waals surface area contributed by atoms with Crippen molar-refractivity contribution in [2.45, 2.75) is 0 Å². The van der Waals surface area contributed by atoms with Crippen LogP contribution in [0.2, 0.25) is 5.02 Å². The molecule has 0 aliphatic carbocycles. The highest BCUT2D eigenvalue weighted by molar-refractivity contribution is 6.32. The Morgan fingerprint density at radius 1 is 1.23 bits per heavy atom. The second kappa shape index (κ2) is 6.87. The van der Waals surface area contributed by atoms with Gasteiger partial charge in [0.2, 0.25) is 0 Å². The van der Waals surface area contributed by atoms with E-state index in [-0.39, 0.29) is 16.6 Å². The molecule has 0 aliphatic heterocycles. The number of rotatable bonds is 4. The van der Waals surface area contributed by atoms with Crippen molar-refractivity contribution < 1.29 is 9.72 Å². The molecule has 0 fully saturated rings. The predicted octanol–water partition coefficient (Wildman–Crippen LogP) is 3.92. The number of para-hydroxylation sites is 1. The molecule has 0 saturated carbocycles. The Balaban J connectivity index is 2.16. The van der Waals surface area contributed by atoms with Crippen molar-refractivity contribution in [1.29, 1.82) is 0 Å². The highest BCUT2D eigenvalue weighted by atomic mass is 35.5. The Labute approximate surface area is 132 Å². The van der Waals surface area contributed by atoms with Gasteiger partial charge in [-0.05, 0) is 29.8 Å². The Kier molecular flexibility index (Phi) is 4.91. The van der Waals surface area contributed by atoms with E-state index in [9.17, 15) is 14.9 Å². The van der Waals surface area contributed by atoms with Crippen LogP contribution in [0.25, 0.3) is 6.08 Å². The zero-order valence-electron chi connectivity index (χ0n) is 11.8. The minimum absolute atomic E-state index is 0.0647. The summed E-state index contributed by atoms with van der Waals surface area (Å²) in [6.45, 7) is 0. The summed E-state index contributed by atoms with van der Waals surface area (Å²) < 4.78 is 0. The maximum atomic E-state index is 12.1. The topological polar surface area (TPSA) is 63.5 Å². The molecule has 5 nitrogen and oxygen atoms in total. The van der Waals surface area contributed by atoms with Gasteiger partial charge in [0.05, 0.1) is 4.92 Å². The molecule has 1 amide bonds. The Bertz CT molecular complexity index is 729. The number of nitrogens with zero attached hydrogens (tertiary/aromatic N) is 2. The van der Waals surface area contributed by atoms with E-state index < -0.39 is 4.92 Å². The van der Waals surface area contributed by atoms with Gasteiger partial charge in [-0.3, -0.25) is 14.9 Å². The SMILES string of the molecule is CN(C(=O)/C=C/c1ccc(Cl)c([N+](=O)[O-])c1)c1ccccc1. The molecule has 0 aliphatic rings. The summed E-state index contributed by atoms with van der Waals surface area (Å²) in [7, 11) is 1.66. The van der Waals surface area contributed by atoms with Crippen LogP contribution in [0.4, 0.5) is 11.4 Å². The van der Waals surface area contributed by atoms with E-state index >= 15 is 0 Å². The largest absolute Gasteiger partial charge is 0.312 e. The normalized spacial score (nSPS) is 10.6. The molecule has 0 bridgehead atoms. The van der Waals surface area contributed by atoms with Crippen molar-refractivity contribution >= 4 is 35.0 Å². The van der Waals surface area contributed by atoms with Crippen molar-refractivity contribution in [2.24, 2.45) is 0 Å². The van der Waals surface area contributed by atoms with Gasteiger partial charge in [-0.25, -0.2) is 0 Å². The Morgan fingerprint density at radius 3 is 2.55 bits per heavy atom. The standard InChI is InChI=1S/C16H13ClN2O3/c1-18(13-5-3-2-4-6-13)16(20)10-8-12-7-9-14(17)15(11-12)19(21)22/h2-11H,1H3/b10-8+. The summed E-state index contributed by atoms with van der Waals surface area (Å²) in [4.78, 5) is 23.8. The summed E-state index contributed by atoms with van der Waals surface area (Å²) in [5.41, 5.74) is 1.11. The highest BCUT2D eigenvalue weighted by Gasteiger charge is 2.12. The number of hydrogen-bond acceptors (Lipinski definition) is 3. The van der Waals surface area contributed by atoms with Crippen molar-refractivity contribution in [3.63, 3.8) is 0 Å². The molecule has 0 saturated heterocycles. The summed E-state index contributed by atoms with van der Waals surface area (Å²) in [5, 5.41) is 10.9. The van der Waals surface area contributed by atoms with Gasteiger partial charge in [-0.1, -0.05) is 35.9 Å². The first kappa shape index (κ1) is 15.7. The zero-order valence-corrected chi connectivity index (χ0v) is 12.5. The third-order valence-electron chi connectivity index (χ3n) is 3.06. The summed E-state index contributed by atoms with van der Waals surface area (Å²) >= 11 is 5.74. The molecule has 0 N–H and O–H groups in total.